The molecule has 1 aromatic rings. The van der Waals surface area contributed by atoms with Crippen LogP contribution < -0.4 is 0 Å². The van der Waals surface area contributed by atoms with Gasteiger partial charge in [-0.1, -0.05) is 36.9 Å². The minimum atomic E-state index is -0.664. The van der Waals surface area contributed by atoms with E-state index in [1.54, 1.807) is 6.08 Å². The largest absolute Gasteiger partial charge is 0.509 e. The number of ether oxygens (including phenoxy) is 3. The molecule has 4 heteroatoms. The topological polar surface area (TPSA) is 44.8 Å². The average Bonchev–Trinajstić information content (AvgIpc) is 2.71. The molecule has 0 saturated carbocycles. The van der Waals surface area contributed by atoms with E-state index in [0.29, 0.717) is 13.2 Å². The lowest BCUT2D eigenvalue weighted by atomic mass is 10.2. The molecule has 2 atom stereocenters. The lowest BCUT2D eigenvalue weighted by molar-refractivity contribution is 0.0305. The van der Waals surface area contributed by atoms with E-state index in [9.17, 15) is 4.79 Å². The summed E-state index contributed by atoms with van der Waals surface area (Å²) in [7, 11) is 0. The van der Waals surface area contributed by atoms with Gasteiger partial charge >= 0.3 is 6.16 Å². The van der Waals surface area contributed by atoms with E-state index in [1.807, 2.05) is 30.3 Å². The highest BCUT2D eigenvalue weighted by Crippen LogP contribution is 2.16. The van der Waals surface area contributed by atoms with Gasteiger partial charge in [0.15, 0.2) is 12.2 Å². The van der Waals surface area contributed by atoms with Gasteiger partial charge in [0, 0.05) is 0 Å². The minimum Gasteiger partial charge on any atom is -0.424 e. The molecule has 0 aliphatic carbocycles. The van der Waals surface area contributed by atoms with Gasteiger partial charge in [-0.2, -0.15) is 0 Å². The summed E-state index contributed by atoms with van der Waals surface area (Å²) in [5, 5.41) is 0. The van der Waals surface area contributed by atoms with Crippen molar-refractivity contribution in [1.29, 1.82) is 0 Å². The predicted molar refractivity (Wildman–Crippen MR) is 61.4 cm³/mol. The molecule has 0 bridgehead atoms. The summed E-state index contributed by atoms with van der Waals surface area (Å²) >= 11 is 0. The third kappa shape index (κ3) is 3.07. The molecule has 0 radical (unpaired) electrons. The van der Waals surface area contributed by atoms with Crippen LogP contribution in [0.5, 0.6) is 0 Å². The van der Waals surface area contributed by atoms with Crippen LogP contribution in [0.2, 0.25) is 0 Å². The number of hydrogen-bond acceptors (Lipinski definition) is 4. The van der Waals surface area contributed by atoms with E-state index in [1.165, 1.54) is 0 Å². The van der Waals surface area contributed by atoms with Crippen LogP contribution in [0.3, 0.4) is 0 Å². The van der Waals surface area contributed by atoms with E-state index in [0.717, 1.165) is 5.56 Å². The molecule has 1 aliphatic rings. The number of rotatable bonds is 5. The summed E-state index contributed by atoms with van der Waals surface area (Å²) in [6.45, 7) is 4.37. The first kappa shape index (κ1) is 11.7. The van der Waals surface area contributed by atoms with Crippen LogP contribution in [-0.2, 0) is 20.8 Å². The summed E-state index contributed by atoms with van der Waals surface area (Å²) in [6.07, 6.45) is 0.0618. The van der Waals surface area contributed by atoms with Crippen LogP contribution in [0.4, 0.5) is 4.79 Å². The van der Waals surface area contributed by atoms with Gasteiger partial charge in [-0.3, -0.25) is 0 Å². The zero-order valence-corrected chi connectivity index (χ0v) is 9.37. The monoisotopic (exact) mass is 234 g/mol. The Hall–Kier alpha value is -1.81. The molecular weight excluding hydrogens is 220 g/mol. The molecular formula is C13H14O4. The highest BCUT2D eigenvalue weighted by Gasteiger charge is 2.34. The van der Waals surface area contributed by atoms with Gasteiger partial charge in [0.05, 0.1) is 13.2 Å². The van der Waals surface area contributed by atoms with Crippen LogP contribution >= 0.6 is 0 Å². The van der Waals surface area contributed by atoms with Crippen LogP contribution in [0, 0.1) is 0 Å². The summed E-state index contributed by atoms with van der Waals surface area (Å²) in [5.41, 5.74) is 1.08. The molecule has 0 aromatic heterocycles. The standard InChI is InChI=1S/C13H14O4/c1-2-11-12(17-13(14)16-11)9-15-8-10-6-4-3-5-7-10/h2-7,11-12H,1,8-9H2/t11-,12-/m0/s1. The van der Waals surface area contributed by atoms with Gasteiger partial charge in [-0.05, 0) is 11.6 Å². The van der Waals surface area contributed by atoms with Crippen LogP contribution in [0.15, 0.2) is 43.0 Å². The van der Waals surface area contributed by atoms with E-state index in [-0.39, 0.29) is 0 Å². The van der Waals surface area contributed by atoms with Crippen molar-refractivity contribution < 1.29 is 19.0 Å². The first-order valence-corrected chi connectivity index (χ1v) is 5.41. The van der Waals surface area contributed by atoms with Gasteiger partial charge in [-0.15, -0.1) is 0 Å². The smallest absolute Gasteiger partial charge is 0.424 e. The van der Waals surface area contributed by atoms with Crippen molar-refractivity contribution in [3.63, 3.8) is 0 Å². The number of benzene rings is 1. The quantitative estimate of drug-likeness (QED) is 0.579. The lowest BCUT2D eigenvalue weighted by Crippen LogP contribution is -2.25. The zero-order chi connectivity index (χ0) is 12.1. The van der Waals surface area contributed by atoms with Crippen molar-refractivity contribution in [2.75, 3.05) is 6.61 Å². The first-order valence-electron chi connectivity index (χ1n) is 5.41. The normalized spacial score (nSPS) is 22.9. The Bertz CT molecular complexity index is 388. The Labute approximate surface area is 99.8 Å². The fraction of sp³-hybridized carbons (Fsp3) is 0.308. The molecule has 1 saturated heterocycles. The first-order chi connectivity index (χ1) is 8.29. The number of carbonyl (C=O) groups is 1. The van der Waals surface area contributed by atoms with Crippen molar-refractivity contribution in [3.05, 3.63) is 48.6 Å². The van der Waals surface area contributed by atoms with Gasteiger partial charge < -0.3 is 14.2 Å². The Morgan fingerprint density at radius 2 is 2.06 bits per heavy atom. The molecule has 2 rings (SSSR count). The predicted octanol–water partition coefficient (Wildman–Crippen LogP) is 2.29. The van der Waals surface area contributed by atoms with E-state index < -0.39 is 18.4 Å². The van der Waals surface area contributed by atoms with Crippen molar-refractivity contribution in [3.8, 4) is 0 Å². The van der Waals surface area contributed by atoms with Crippen molar-refractivity contribution in [2.45, 2.75) is 18.8 Å². The number of carbonyl (C=O) groups excluding carboxylic acids is 1. The molecule has 4 nitrogen and oxygen atoms in total. The average molecular weight is 234 g/mol. The Balaban J connectivity index is 1.79. The second-order valence-corrected chi connectivity index (χ2v) is 3.73. The molecule has 0 unspecified atom stereocenters. The fourth-order valence-electron chi connectivity index (χ4n) is 1.60. The summed E-state index contributed by atoms with van der Waals surface area (Å²) < 4.78 is 15.3. The number of cyclic esters (lactones) is 2. The molecule has 0 spiro atoms. The number of hydrogen-bond donors (Lipinski definition) is 0. The molecule has 1 aliphatic heterocycles. The zero-order valence-electron chi connectivity index (χ0n) is 9.37. The highest BCUT2D eigenvalue weighted by atomic mass is 16.8. The Kier molecular flexibility index (Phi) is 3.77. The highest BCUT2D eigenvalue weighted by molar-refractivity contribution is 5.63. The second-order valence-electron chi connectivity index (χ2n) is 3.73. The van der Waals surface area contributed by atoms with Crippen molar-refractivity contribution in [2.24, 2.45) is 0 Å². The maximum Gasteiger partial charge on any atom is 0.509 e. The molecule has 0 N–H and O–H groups in total. The SMILES string of the molecule is C=C[C@@H]1OC(=O)O[C@H]1COCc1ccccc1. The molecule has 90 valence electrons. The fourth-order valence-corrected chi connectivity index (χ4v) is 1.60. The van der Waals surface area contributed by atoms with Gasteiger partial charge in [0.2, 0.25) is 0 Å². The third-order valence-corrected chi connectivity index (χ3v) is 2.47. The van der Waals surface area contributed by atoms with Crippen LogP contribution in [0.1, 0.15) is 5.56 Å². The Morgan fingerprint density at radius 3 is 2.76 bits per heavy atom. The molecule has 0 amide bonds. The Morgan fingerprint density at radius 1 is 1.29 bits per heavy atom. The summed E-state index contributed by atoms with van der Waals surface area (Å²) in [6, 6.07) is 9.79. The maximum atomic E-state index is 10.9. The third-order valence-electron chi connectivity index (χ3n) is 2.47. The minimum absolute atomic E-state index is 0.303. The van der Waals surface area contributed by atoms with Gasteiger partial charge in [0.25, 0.3) is 0 Å². The van der Waals surface area contributed by atoms with Crippen molar-refractivity contribution >= 4 is 6.16 Å². The van der Waals surface area contributed by atoms with Crippen LogP contribution in [-0.4, -0.2) is 25.0 Å². The molecule has 17 heavy (non-hydrogen) atoms. The van der Waals surface area contributed by atoms with Gasteiger partial charge in [0.1, 0.15) is 0 Å². The van der Waals surface area contributed by atoms with Crippen LogP contribution in [0.25, 0.3) is 0 Å². The summed E-state index contributed by atoms with van der Waals surface area (Å²) in [5.74, 6) is 0. The second kappa shape index (κ2) is 5.50. The molecule has 1 heterocycles. The lowest BCUT2D eigenvalue weighted by Gasteiger charge is -2.12. The van der Waals surface area contributed by atoms with E-state index >= 15 is 0 Å². The van der Waals surface area contributed by atoms with E-state index in [4.69, 9.17) is 14.2 Å². The van der Waals surface area contributed by atoms with Gasteiger partial charge in [-0.25, -0.2) is 4.79 Å². The molecule has 1 aromatic carbocycles. The van der Waals surface area contributed by atoms with Crippen molar-refractivity contribution in [1.82, 2.24) is 0 Å². The maximum absolute atomic E-state index is 10.9. The molecule has 1 fully saturated rings. The van der Waals surface area contributed by atoms with E-state index in [2.05, 4.69) is 6.58 Å². The summed E-state index contributed by atoms with van der Waals surface area (Å²) in [4.78, 5) is 10.9.